The molecular weight excluding hydrogens is 324 g/mol. The second-order valence-corrected chi connectivity index (χ2v) is 5.66. The standard InChI is InChI=1S/C15H19BrO4/c1-2-11-10(5-3-6-13(17)18)9-12(16)15-14(11)19-7-4-8-20-15/h9H,2-8H2,1H3,(H,17,18). The van der Waals surface area contributed by atoms with Gasteiger partial charge in [0.05, 0.1) is 17.7 Å². The number of hydrogen-bond donors (Lipinski definition) is 1. The summed E-state index contributed by atoms with van der Waals surface area (Å²) in [6, 6.07) is 2.04. The first-order valence-electron chi connectivity index (χ1n) is 6.95. The molecule has 0 radical (unpaired) electrons. The van der Waals surface area contributed by atoms with Crippen LogP contribution in [0.3, 0.4) is 0 Å². The zero-order valence-electron chi connectivity index (χ0n) is 11.6. The third-order valence-electron chi connectivity index (χ3n) is 3.36. The van der Waals surface area contributed by atoms with E-state index in [2.05, 4.69) is 22.9 Å². The van der Waals surface area contributed by atoms with E-state index < -0.39 is 5.97 Å². The highest BCUT2D eigenvalue weighted by atomic mass is 79.9. The summed E-state index contributed by atoms with van der Waals surface area (Å²) >= 11 is 3.53. The maximum Gasteiger partial charge on any atom is 0.303 e. The van der Waals surface area contributed by atoms with Gasteiger partial charge in [0.25, 0.3) is 0 Å². The fourth-order valence-corrected chi connectivity index (χ4v) is 3.00. The van der Waals surface area contributed by atoms with Gasteiger partial charge in [-0.25, -0.2) is 0 Å². The van der Waals surface area contributed by atoms with Crippen LogP contribution >= 0.6 is 15.9 Å². The van der Waals surface area contributed by atoms with Crippen LogP contribution in [0.4, 0.5) is 0 Å². The van der Waals surface area contributed by atoms with Crippen LogP contribution in [0.25, 0.3) is 0 Å². The Morgan fingerprint density at radius 3 is 2.70 bits per heavy atom. The summed E-state index contributed by atoms with van der Waals surface area (Å²) in [4.78, 5) is 10.6. The third kappa shape index (κ3) is 3.45. The molecule has 1 aliphatic rings. The fraction of sp³-hybridized carbons (Fsp3) is 0.533. The number of benzene rings is 1. The first-order chi connectivity index (χ1) is 9.63. The Morgan fingerprint density at radius 1 is 1.35 bits per heavy atom. The third-order valence-corrected chi connectivity index (χ3v) is 3.95. The smallest absolute Gasteiger partial charge is 0.303 e. The molecule has 1 aliphatic heterocycles. The van der Waals surface area contributed by atoms with Crippen molar-refractivity contribution in [1.29, 1.82) is 0 Å². The molecule has 0 atom stereocenters. The van der Waals surface area contributed by atoms with Crippen molar-refractivity contribution in [3.8, 4) is 11.5 Å². The van der Waals surface area contributed by atoms with Gasteiger partial charge in [0.1, 0.15) is 0 Å². The van der Waals surface area contributed by atoms with Gasteiger partial charge in [-0.3, -0.25) is 4.79 Å². The highest BCUT2D eigenvalue weighted by Crippen LogP contribution is 2.42. The second-order valence-electron chi connectivity index (χ2n) is 4.81. The second kappa shape index (κ2) is 6.97. The summed E-state index contributed by atoms with van der Waals surface area (Å²) in [5.41, 5.74) is 2.28. The van der Waals surface area contributed by atoms with Crippen LogP contribution in [0.2, 0.25) is 0 Å². The average molecular weight is 343 g/mol. The predicted octanol–water partition coefficient (Wildman–Crippen LogP) is 3.58. The molecule has 2 rings (SSSR count). The maximum atomic E-state index is 10.6. The lowest BCUT2D eigenvalue weighted by atomic mass is 9.98. The molecule has 0 aromatic heterocycles. The largest absolute Gasteiger partial charge is 0.489 e. The van der Waals surface area contributed by atoms with Gasteiger partial charge in [-0.2, -0.15) is 0 Å². The van der Waals surface area contributed by atoms with Gasteiger partial charge >= 0.3 is 5.97 Å². The number of carbonyl (C=O) groups is 1. The number of ether oxygens (including phenoxy) is 2. The molecule has 110 valence electrons. The first-order valence-corrected chi connectivity index (χ1v) is 7.74. The van der Waals surface area contributed by atoms with E-state index in [1.165, 1.54) is 0 Å². The van der Waals surface area contributed by atoms with E-state index >= 15 is 0 Å². The van der Waals surface area contributed by atoms with Crippen LogP contribution in [-0.4, -0.2) is 24.3 Å². The lowest BCUT2D eigenvalue weighted by Crippen LogP contribution is -2.03. The van der Waals surface area contributed by atoms with Crippen LogP contribution < -0.4 is 9.47 Å². The molecule has 20 heavy (non-hydrogen) atoms. The summed E-state index contributed by atoms with van der Waals surface area (Å²) < 4.78 is 12.5. The number of halogens is 1. The summed E-state index contributed by atoms with van der Waals surface area (Å²) in [6.07, 6.45) is 3.29. The fourth-order valence-electron chi connectivity index (χ4n) is 2.43. The van der Waals surface area contributed by atoms with Crippen molar-refractivity contribution in [2.75, 3.05) is 13.2 Å². The number of aliphatic carboxylic acids is 1. The van der Waals surface area contributed by atoms with Crippen LogP contribution in [-0.2, 0) is 17.6 Å². The van der Waals surface area contributed by atoms with Crippen molar-refractivity contribution in [3.05, 3.63) is 21.7 Å². The Hall–Kier alpha value is -1.23. The topological polar surface area (TPSA) is 55.8 Å². The van der Waals surface area contributed by atoms with Gasteiger partial charge in [0.2, 0.25) is 0 Å². The van der Waals surface area contributed by atoms with Gasteiger partial charge in [0.15, 0.2) is 11.5 Å². The zero-order valence-corrected chi connectivity index (χ0v) is 13.2. The molecule has 0 saturated heterocycles. The van der Waals surface area contributed by atoms with Crippen molar-refractivity contribution >= 4 is 21.9 Å². The lowest BCUT2D eigenvalue weighted by molar-refractivity contribution is -0.137. The molecule has 0 aliphatic carbocycles. The highest BCUT2D eigenvalue weighted by molar-refractivity contribution is 9.10. The monoisotopic (exact) mass is 342 g/mol. The zero-order chi connectivity index (χ0) is 14.5. The Bertz CT molecular complexity index is 499. The predicted molar refractivity (Wildman–Crippen MR) is 79.7 cm³/mol. The Kier molecular flexibility index (Phi) is 5.29. The maximum absolute atomic E-state index is 10.6. The number of hydrogen-bond acceptors (Lipinski definition) is 3. The molecule has 4 nitrogen and oxygen atoms in total. The first kappa shape index (κ1) is 15.2. The molecule has 0 amide bonds. The van der Waals surface area contributed by atoms with Gasteiger partial charge in [-0.05, 0) is 46.8 Å². The Labute approximate surface area is 127 Å². The molecule has 1 heterocycles. The van der Waals surface area contributed by atoms with Crippen LogP contribution in [0.15, 0.2) is 10.5 Å². The minimum atomic E-state index is -0.753. The summed E-state index contributed by atoms with van der Waals surface area (Å²) in [5, 5.41) is 8.75. The van der Waals surface area contributed by atoms with Crippen molar-refractivity contribution in [3.63, 3.8) is 0 Å². The van der Waals surface area contributed by atoms with Crippen molar-refractivity contribution < 1.29 is 19.4 Å². The molecule has 0 bridgehead atoms. The minimum absolute atomic E-state index is 0.190. The van der Waals surface area contributed by atoms with Crippen LogP contribution in [0.5, 0.6) is 11.5 Å². The SMILES string of the molecule is CCc1c(CCCC(=O)O)cc(Br)c2c1OCCCO2. The number of rotatable bonds is 5. The quantitative estimate of drug-likeness (QED) is 0.888. The van der Waals surface area contributed by atoms with Crippen LogP contribution in [0.1, 0.15) is 37.3 Å². The Morgan fingerprint density at radius 2 is 2.05 bits per heavy atom. The van der Waals surface area contributed by atoms with E-state index in [0.29, 0.717) is 19.6 Å². The van der Waals surface area contributed by atoms with Crippen molar-refractivity contribution in [2.24, 2.45) is 0 Å². The van der Waals surface area contributed by atoms with Gasteiger partial charge in [-0.1, -0.05) is 6.92 Å². The van der Waals surface area contributed by atoms with E-state index in [1.54, 1.807) is 0 Å². The highest BCUT2D eigenvalue weighted by Gasteiger charge is 2.20. The molecule has 1 N–H and O–H groups in total. The number of aryl methyl sites for hydroxylation is 1. The molecule has 0 fully saturated rings. The molecule has 1 aromatic carbocycles. The molecule has 1 aromatic rings. The summed E-state index contributed by atoms with van der Waals surface area (Å²) in [6.45, 7) is 3.40. The van der Waals surface area contributed by atoms with Crippen LogP contribution in [0, 0.1) is 0 Å². The summed E-state index contributed by atoms with van der Waals surface area (Å²) in [5.74, 6) is 0.850. The number of carboxylic acids is 1. The molecular formula is C15H19BrO4. The molecule has 0 spiro atoms. The van der Waals surface area contributed by atoms with Crippen molar-refractivity contribution in [1.82, 2.24) is 0 Å². The van der Waals surface area contributed by atoms with Gasteiger partial charge in [0, 0.05) is 18.4 Å². The van der Waals surface area contributed by atoms with E-state index in [1.807, 2.05) is 6.07 Å². The minimum Gasteiger partial charge on any atom is -0.489 e. The van der Waals surface area contributed by atoms with Gasteiger partial charge in [-0.15, -0.1) is 0 Å². The van der Waals surface area contributed by atoms with E-state index in [4.69, 9.17) is 14.6 Å². The molecule has 5 heteroatoms. The van der Waals surface area contributed by atoms with E-state index in [-0.39, 0.29) is 6.42 Å². The van der Waals surface area contributed by atoms with Gasteiger partial charge < -0.3 is 14.6 Å². The van der Waals surface area contributed by atoms with Crippen molar-refractivity contribution in [2.45, 2.75) is 39.0 Å². The normalized spacial score (nSPS) is 13.9. The molecule has 0 saturated carbocycles. The number of fused-ring (bicyclic) bond motifs is 1. The Balaban J connectivity index is 2.30. The van der Waals surface area contributed by atoms with E-state index in [9.17, 15) is 4.79 Å². The molecule has 0 unspecified atom stereocenters. The number of carboxylic acid groups (broad SMARTS) is 1. The summed E-state index contributed by atoms with van der Waals surface area (Å²) in [7, 11) is 0. The average Bonchev–Trinajstić information content (AvgIpc) is 2.65. The van der Waals surface area contributed by atoms with E-state index in [0.717, 1.165) is 46.4 Å². The lowest BCUT2D eigenvalue weighted by Gasteiger charge is -2.17.